The Morgan fingerprint density at radius 3 is 2.74 bits per heavy atom. The summed E-state index contributed by atoms with van der Waals surface area (Å²) >= 11 is 0. The van der Waals surface area contributed by atoms with Crippen LogP contribution in [-0.2, 0) is 4.79 Å². The maximum Gasteiger partial charge on any atom is 0.222 e. The molecule has 4 rings (SSSR count). The zero-order chi connectivity index (χ0) is 21.6. The predicted octanol–water partition coefficient (Wildman–Crippen LogP) is 4.08. The molecule has 31 heavy (non-hydrogen) atoms. The van der Waals surface area contributed by atoms with Gasteiger partial charge in [0.15, 0.2) is 0 Å². The summed E-state index contributed by atoms with van der Waals surface area (Å²) in [5.74, 6) is 1.83. The first kappa shape index (κ1) is 21.2. The lowest BCUT2D eigenvalue weighted by atomic mass is 9.79. The Morgan fingerprint density at radius 1 is 1.19 bits per heavy atom. The molecule has 1 atom stereocenters. The number of imidazole rings is 1. The van der Waals surface area contributed by atoms with Crippen LogP contribution in [0.15, 0.2) is 49.3 Å². The number of nitrogens with zero attached hydrogens (tertiary/aromatic N) is 5. The number of aryl methyl sites for hydroxylation is 1. The molecule has 3 aromatic heterocycles. The van der Waals surface area contributed by atoms with Crippen LogP contribution in [0.5, 0.6) is 0 Å². The van der Waals surface area contributed by atoms with Gasteiger partial charge in [-0.1, -0.05) is 6.07 Å². The third-order valence-corrected chi connectivity index (χ3v) is 6.22. The average molecular weight is 419 g/mol. The van der Waals surface area contributed by atoms with Gasteiger partial charge < -0.3 is 9.88 Å². The van der Waals surface area contributed by atoms with Gasteiger partial charge in [0.25, 0.3) is 0 Å². The van der Waals surface area contributed by atoms with Gasteiger partial charge in [0.2, 0.25) is 5.91 Å². The normalized spacial score (nSPS) is 19.7. The van der Waals surface area contributed by atoms with Gasteiger partial charge in [-0.3, -0.25) is 9.78 Å². The van der Waals surface area contributed by atoms with Crippen molar-refractivity contribution in [1.82, 2.24) is 29.8 Å². The summed E-state index contributed by atoms with van der Waals surface area (Å²) in [7, 11) is 0. The molecule has 7 nitrogen and oxygen atoms in total. The second kappa shape index (κ2) is 9.81. The highest BCUT2D eigenvalue weighted by molar-refractivity contribution is 5.76. The van der Waals surface area contributed by atoms with Gasteiger partial charge in [-0.05, 0) is 57.6 Å². The standard InChI is InChI=1S/C24H30N6O/c1-17(30-12-11-25-16-30)13-23(31)28-14-19-6-8-20(9-7-19)24-21(15-27-18(2)29-24)22-5-3-4-10-26-22/h3-5,10-12,15-17,19-20H,6-9,13-14H2,1-2H3,(H,28,31). The van der Waals surface area contributed by atoms with E-state index in [0.29, 0.717) is 18.3 Å². The molecular formula is C24H30N6O. The molecule has 0 aliphatic heterocycles. The summed E-state index contributed by atoms with van der Waals surface area (Å²) < 4.78 is 1.97. The van der Waals surface area contributed by atoms with E-state index in [1.165, 1.54) is 0 Å². The van der Waals surface area contributed by atoms with Crippen molar-refractivity contribution in [3.05, 3.63) is 60.8 Å². The van der Waals surface area contributed by atoms with Crippen LogP contribution in [0.1, 0.15) is 62.5 Å². The lowest BCUT2D eigenvalue weighted by Crippen LogP contribution is -2.32. The second-order valence-electron chi connectivity index (χ2n) is 8.52. The van der Waals surface area contributed by atoms with Gasteiger partial charge in [-0.15, -0.1) is 0 Å². The number of pyridine rings is 1. The number of hydrogen-bond acceptors (Lipinski definition) is 5. The molecule has 1 aliphatic rings. The van der Waals surface area contributed by atoms with E-state index < -0.39 is 0 Å². The van der Waals surface area contributed by atoms with Crippen molar-refractivity contribution in [2.24, 2.45) is 5.92 Å². The topological polar surface area (TPSA) is 85.6 Å². The molecule has 0 aromatic carbocycles. The van der Waals surface area contributed by atoms with Gasteiger partial charge in [-0.25, -0.2) is 15.0 Å². The maximum absolute atomic E-state index is 12.3. The van der Waals surface area contributed by atoms with Crippen LogP contribution < -0.4 is 5.32 Å². The first-order chi connectivity index (χ1) is 15.1. The van der Waals surface area contributed by atoms with Crippen molar-refractivity contribution >= 4 is 5.91 Å². The molecular weight excluding hydrogens is 388 g/mol. The van der Waals surface area contributed by atoms with Crippen LogP contribution in [0.3, 0.4) is 0 Å². The molecule has 162 valence electrons. The number of rotatable bonds is 7. The number of carbonyl (C=O) groups excluding carboxylic acids is 1. The van der Waals surface area contributed by atoms with Gasteiger partial charge in [-0.2, -0.15) is 0 Å². The molecule has 7 heteroatoms. The van der Waals surface area contributed by atoms with E-state index in [0.717, 1.165) is 55.0 Å². The molecule has 1 saturated carbocycles. The Hall–Kier alpha value is -3.09. The zero-order valence-electron chi connectivity index (χ0n) is 18.2. The van der Waals surface area contributed by atoms with E-state index in [-0.39, 0.29) is 11.9 Å². The molecule has 0 bridgehead atoms. The van der Waals surface area contributed by atoms with Crippen molar-refractivity contribution in [1.29, 1.82) is 0 Å². The summed E-state index contributed by atoms with van der Waals surface area (Å²) in [6.07, 6.45) is 13.9. The summed E-state index contributed by atoms with van der Waals surface area (Å²) in [6, 6.07) is 6.06. The zero-order valence-corrected chi connectivity index (χ0v) is 18.2. The Morgan fingerprint density at radius 2 is 2.03 bits per heavy atom. The number of nitrogens with one attached hydrogen (secondary N) is 1. The van der Waals surface area contributed by atoms with Crippen LogP contribution in [0.25, 0.3) is 11.3 Å². The average Bonchev–Trinajstić information content (AvgIpc) is 3.34. The minimum Gasteiger partial charge on any atom is -0.356 e. The van der Waals surface area contributed by atoms with Crippen LogP contribution in [0, 0.1) is 12.8 Å². The van der Waals surface area contributed by atoms with Crippen molar-refractivity contribution in [2.75, 3.05) is 6.54 Å². The number of aromatic nitrogens is 5. The molecule has 1 fully saturated rings. The Labute approximate surface area is 183 Å². The van der Waals surface area contributed by atoms with Crippen LogP contribution >= 0.6 is 0 Å². The third-order valence-electron chi connectivity index (χ3n) is 6.22. The van der Waals surface area contributed by atoms with Gasteiger partial charge in [0.05, 0.1) is 17.7 Å². The van der Waals surface area contributed by atoms with E-state index in [1.807, 2.05) is 55.2 Å². The summed E-state index contributed by atoms with van der Waals surface area (Å²) in [4.78, 5) is 30.1. The van der Waals surface area contributed by atoms with Gasteiger partial charge in [0.1, 0.15) is 5.82 Å². The minimum atomic E-state index is 0.104. The predicted molar refractivity (Wildman–Crippen MR) is 119 cm³/mol. The lowest BCUT2D eigenvalue weighted by Gasteiger charge is -2.29. The third kappa shape index (κ3) is 5.34. The highest BCUT2D eigenvalue weighted by atomic mass is 16.1. The van der Waals surface area contributed by atoms with E-state index in [9.17, 15) is 4.79 Å². The van der Waals surface area contributed by atoms with Crippen molar-refractivity contribution in [3.63, 3.8) is 0 Å². The molecule has 0 radical (unpaired) electrons. The van der Waals surface area contributed by atoms with E-state index in [4.69, 9.17) is 4.98 Å². The Balaban J connectivity index is 1.31. The fourth-order valence-corrected chi connectivity index (χ4v) is 4.39. The van der Waals surface area contributed by atoms with Crippen LogP contribution in [0.4, 0.5) is 0 Å². The van der Waals surface area contributed by atoms with Crippen molar-refractivity contribution in [3.8, 4) is 11.3 Å². The van der Waals surface area contributed by atoms with Gasteiger partial charge in [0, 0.05) is 55.3 Å². The monoisotopic (exact) mass is 418 g/mol. The molecule has 1 N–H and O–H groups in total. The second-order valence-corrected chi connectivity index (χ2v) is 8.52. The summed E-state index contributed by atoms with van der Waals surface area (Å²) in [6.45, 7) is 4.73. The molecule has 3 aromatic rings. The minimum absolute atomic E-state index is 0.104. The highest BCUT2D eigenvalue weighted by Gasteiger charge is 2.26. The number of hydrogen-bond donors (Lipinski definition) is 1. The van der Waals surface area contributed by atoms with E-state index >= 15 is 0 Å². The summed E-state index contributed by atoms with van der Waals surface area (Å²) in [5.41, 5.74) is 3.08. The number of carbonyl (C=O) groups is 1. The fourth-order valence-electron chi connectivity index (χ4n) is 4.39. The lowest BCUT2D eigenvalue weighted by molar-refractivity contribution is -0.122. The molecule has 0 saturated heterocycles. The largest absolute Gasteiger partial charge is 0.356 e. The quantitative estimate of drug-likeness (QED) is 0.625. The Bertz CT molecular complexity index is 981. The van der Waals surface area contributed by atoms with Crippen LogP contribution in [0.2, 0.25) is 0 Å². The smallest absolute Gasteiger partial charge is 0.222 e. The molecule has 1 amide bonds. The number of amides is 1. The fraction of sp³-hybridized carbons (Fsp3) is 0.458. The maximum atomic E-state index is 12.3. The van der Waals surface area contributed by atoms with Crippen molar-refractivity contribution < 1.29 is 4.79 Å². The van der Waals surface area contributed by atoms with E-state index in [2.05, 4.69) is 20.3 Å². The first-order valence-corrected chi connectivity index (χ1v) is 11.1. The first-order valence-electron chi connectivity index (χ1n) is 11.1. The van der Waals surface area contributed by atoms with Crippen LogP contribution in [-0.4, -0.2) is 37.0 Å². The Kier molecular flexibility index (Phi) is 6.70. The van der Waals surface area contributed by atoms with E-state index in [1.54, 1.807) is 12.5 Å². The highest BCUT2D eigenvalue weighted by Crippen LogP contribution is 2.38. The molecule has 1 aliphatic carbocycles. The summed E-state index contributed by atoms with van der Waals surface area (Å²) in [5, 5.41) is 3.14. The van der Waals surface area contributed by atoms with Gasteiger partial charge >= 0.3 is 0 Å². The molecule has 3 heterocycles. The molecule has 0 spiro atoms. The van der Waals surface area contributed by atoms with Crippen molar-refractivity contribution in [2.45, 2.75) is 57.9 Å². The SMILES string of the molecule is Cc1ncc(-c2ccccn2)c(C2CCC(CNC(=O)CC(C)n3ccnc3)CC2)n1. The molecule has 1 unspecified atom stereocenters.